The van der Waals surface area contributed by atoms with Crippen LogP contribution in [0.4, 0.5) is 5.69 Å². The van der Waals surface area contributed by atoms with Gasteiger partial charge in [-0.15, -0.1) is 0 Å². The van der Waals surface area contributed by atoms with Gasteiger partial charge in [-0.1, -0.05) is 77.3 Å². The maximum absolute atomic E-state index is 14.0. The predicted octanol–water partition coefficient (Wildman–Crippen LogP) is 7.06. The molecule has 3 aromatic rings. The first kappa shape index (κ1) is 34.7. The van der Waals surface area contributed by atoms with Crippen molar-refractivity contribution in [2.24, 2.45) is 0 Å². The predicted molar refractivity (Wildman–Crippen MR) is 176 cm³/mol. The number of aryl methyl sites for hydroxylation is 1. The Bertz CT molecular complexity index is 1540. The van der Waals surface area contributed by atoms with Crippen LogP contribution in [0, 0.1) is 6.92 Å². The number of carbonyl (C=O) groups excluding carboxylic acids is 2. The molecule has 0 radical (unpaired) electrons. The second kappa shape index (κ2) is 14.8. The topological polar surface area (TPSA) is 86.8 Å². The largest absolute Gasteiger partial charge is 0.350 e. The fraction of sp³-hybridized carbons (Fsp3) is 0.375. The van der Waals surface area contributed by atoms with Crippen LogP contribution in [0.3, 0.4) is 0 Å². The van der Waals surface area contributed by atoms with E-state index in [1.165, 1.54) is 9.21 Å². The van der Waals surface area contributed by atoms with E-state index in [9.17, 15) is 18.0 Å². The fourth-order valence-electron chi connectivity index (χ4n) is 4.67. The van der Waals surface area contributed by atoms with Crippen LogP contribution in [0.5, 0.6) is 0 Å². The van der Waals surface area contributed by atoms with E-state index in [2.05, 4.69) is 5.32 Å². The van der Waals surface area contributed by atoms with Gasteiger partial charge in [0.2, 0.25) is 21.8 Å². The minimum atomic E-state index is -3.67. The molecule has 0 aliphatic rings. The zero-order chi connectivity index (χ0) is 31.9. The number of hydrogen-bond acceptors (Lipinski definition) is 4. The Morgan fingerprint density at radius 2 is 1.56 bits per heavy atom. The summed E-state index contributed by atoms with van der Waals surface area (Å²) in [5.74, 6) is -0.616. The molecular formula is C32H38Cl3N3O4S. The van der Waals surface area contributed by atoms with Gasteiger partial charge in [0, 0.05) is 46.5 Å². The molecule has 1 N–H and O–H groups in total. The number of rotatable bonds is 12. The third-order valence-corrected chi connectivity index (χ3v) is 8.72. The second-order valence-electron chi connectivity index (χ2n) is 11.6. The summed E-state index contributed by atoms with van der Waals surface area (Å²) in [6.45, 7) is 7.55. The second-order valence-corrected chi connectivity index (χ2v) is 14.8. The lowest BCUT2D eigenvalue weighted by Crippen LogP contribution is -2.54. The fourth-order valence-corrected chi connectivity index (χ4v) is 6.32. The van der Waals surface area contributed by atoms with Gasteiger partial charge in [0.25, 0.3) is 0 Å². The van der Waals surface area contributed by atoms with E-state index in [0.717, 1.165) is 17.4 Å². The molecule has 232 valence electrons. The van der Waals surface area contributed by atoms with Gasteiger partial charge in [-0.3, -0.25) is 13.9 Å². The summed E-state index contributed by atoms with van der Waals surface area (Å²) in [6, 6.07) is 18.7. The maximum atomic E-state index is 14.0. The van der Waals surface area contributed by atoms with Crippen LogP contribution in [-0.2, 0) is 32.6 Å². The van der Waals surface area contributed by atoms with Crippen LogP contribution >= 0.6 is 34.8 Å². The third-order valence-electron chi connectivity index (χ3n) is 6.72. The molecule has 0 heterocycles. The van der Waals surface area contributed by atoms with Gasteiger partial charge in [-0.2, -0.15) is 0 Å². The molecule has 3 rings (SSSR count). The minimum Gasteiger partial charge on any atom is -0.350 e. The van der Waals surface area contributed by atoms with Crippen molar-refractivity contribution in [3.63, 3.8) is 0 Å². The summed E-state index contributed by atoms with van der Waals surface area (Å²) < 4.78 is 26.8. The van der Waals surface area contributed by atoms with Gasteiger partial charge in [0.1, 0.15) is 6.04 Å². The summed E-state index contributed by atoms with van der Waals surface area (Å²) in [5, 5.41) is 4.26. The average molecular weight is 667 g/mol. The highest BCUT2D eigenvalue weighted by Crippen LogP contribution is 2.28. The molecule has 0 unspecified atom stereocenters. The molecular weight excluding hydrogens is 629 g/mol. The van der Waals surface area contributed by atoms with Crippen LogP contribution in [0.25, 0.3) is 0 Å². The quantitative estimate of drug-likeness (QED) is 0.224. The number of carbonyl (C=O) groups is 2. The van der Waals surface area contributed by atoms with E-state index in [1.807, 2.05) is 51.1 Å². The van der Waals surface area contributed by atoms with Gasteiger partial charge < -0.3 is 10.2 Å². The molecule has 3 aromatic carbocycles. The molecule has 2 amide bonds. The van der Waals surface area contributed by atoms with E-state index >= 15 is 0 Å². The van der Waals surface area contributed by atoms with Gasteiger partial charge in [-0.05, 0) is 75.1 Å². The van der Waals surface area contributed by atoms with Crippen molar-refractivity contribution in [2.75, 3.05) is 17.1 Å². The molecule has 43 heavy (non-hydrogen) atoms. The number of amides is 2. The SMILES string of the molecule is Cc1ccc(Cl)cc1N(CCCC(=O)N(Cc1ccc(Cl)cc1Cl)[C@@H](Cc1ccccc1)C(=O)NC(C)(C)C)S(C)(=O)=O. The summed E-state index contributed by atoms with van der Waals surface area (Å²) >= 11 is 18.8. The van der Waals surface area contributed by atoms with E-state index in [-0.39, 0.29) is 44.2 Å². The molecule has 1 atom stereocenters. The standard InChI is InChI=1S/C32H38Cl3N3O4S/c1-22-13-15-26(34)20-28(22)38(43(5,41)42)17-9-12-30(39)37(21-24-14-16-25(33)19-27(24)35)29(31(40)36-32(2,3)4)18-23-10-7-6-8-11-23/h6-8,10-11,13-16,19-20,29H,9,12,17-18,21H2,1-5H3,(H,36,40)/t29-/m0/s1. The molecule has 0 spiro atoms. The van der Waals surface area contributed by atoms with Gasteiger partial charge in [0.05, 0.1) is 11.9 Å². The Hall–Kier alpha value is -2.78. The van der Waals surface area contributed by atoms with Crippen LogP contribution in [0.1, 0.15) is 50.3 Å². The molecule has 0 aliphatic carbocycles. The van der Waals surface area contributed by atoms with Crippen LogP contribution < -0.4 is 9.62 Å². The van der Waals surface area contributed by atoms with Crippen molar-refractivity contribution in [1.82, 2.24) is 10.2 Å². The number of anilines is 1. The maximum Gasteiger partial charge on any atom is 0.243 e. The lowest BCUT2D eigenvalue weighted by molar-refractivity contribution is -0.142. The number of nitrogens with zero attached hydrogens (tertiary/aromatic N) is 2. The molecule has 0 saturated heterocycles. The lowest BCUT2D eigenvalue weighted by Gasteiger charge is -2.34. The van der Waals surface area contributed by atoms with Crippen molar-refractivity contribution in [3.05, 3.63) is 98.5 Å². The molecule has 0 aromatic heterocycles. The average Bonchev–Trinajstić information content (AvgIpc) is 2.90. The first-order valence-electron chi connectivity index (χ1n) is 13.9. The minimum absolute atomic E-state index is 0.00900. The Morgan fingerprint density at radius 3 is 2.16 bits per heavy atom. The summed E-state index contributed by atoms with van der Waals surface area (Å²) in [6.07, 6.45) is 1.60. The molecule has 0 bridgehead atoms. The van der Waals surface area contributed by atoms with Crippen molar-refractivity contribution in [2.45, 2.75) is 65.1 Å². The number of benzene rings is 3. The zero-order valence-corrected chi connectivity index (χ0v) is 28.1. The number of halogens is 3. The third kappa shape index (κ3) is 10.4. The molecule has 0 fully saturated rings. The lowest BCUT2D eigenvalue weighted by atomic mass is 10.00. The van der Waals surface area contributed by atoms with E-state index in [1.54, 1.807) is 43.3 Å². The molecule has 7 nitrogen and oxygen atoms in total. The van der Waals surface area contributed by atoms with Crippen LogP contribution in [-0.4, -0.2) is 49.5 Å². The summed E-state index contributed by atoms with van der Waals surface area (Å²) in [4.78, 5) is 29.3. The van der Waals surface area contributed by atoms with Crippen molar-refractivity contribution in [3.8, 4) is 0 Å². The summed E-state index contributed by atoms with van der Waals surface area (Å²) in [5.41, 5.74) is 2.17. The van der Waals surface area contributed by atoms with Crippen LogP contribution in [0.15, 0.2) is 66.7 Å². The van der Waals surface area contributed by atoms with Gasteiger partial charge in [-0.25, -0.2) is 8.42 Å². The highest BCUT2D eigenvalue weighted by Gasteiger charge is 2.32. The van der Waals surface area contributed by atoms with E-state index < -0.39 is 21.6 Å². The Morgan fingerprint density at radius 1 is 0.930 bits per heavy atom. The van der Waals surface area contributed by atoms with Gasteiger partial charge >= 0.3 is 0 Å². The monoisotopic (exact) mass is 665 g/mol. The normalized spacial score (nSPS) is 12.5. The Kier molecular flexibility index (Phi) is 11.9. The summed E-state index contributed by atoms with van der Waals surface area (Å²) in [7, 11) is -3.67. The van der Waals surface area contributed by atoms with Crippen molar-refractivity contribution < 1.29 is 18.0 Å². The van der Waals surface area contributed by atoms with E-state index in [0.29, 0.717) is 26.3 Å². The molecule has 0 aliphatic heterocycles. The van der Waals surface area contributed by atoms with Crippen molar-refractivity contribution >= 4 is 62.3 Å². The first-order chi connectivity index (χ1) is 20.0. The van der Waals surface area contributed by atoms with Crippen LogP contribution in [0.2, 0.25) is 15.1 Å². The number of hydrogen-bond donors (Lipinski definition) is 1. The van der Waals surface area contributed by atoms with Gasteiger partial charge in [0.15, 0.2) is 0 Å². The highest BCUT2D eigenvalue weighted by molar-refractivity contribution is 7.92. The Labute approximate surface area is 270 Å². The zero-order valence-electron chi connectivity index (χ0n) is 25.0. The molecule has 11 heteroatoms. The van der Waals surface area contributed by atoms with Crippen molar-refractivity contribution in [1.29, 1.82) is 0 Å². The molecule has 0 saturated carbocycles. The Balaban J connectivity index is 1.95. The smallest absolute Gasteiger partial charge is 0.243 e. The first-order valence-corrected chi connectivity index (χ1v) is 16.9. The highest BCUT2D eigenvalue weighted by atomic mass is 35.5. The number of nitrogens with one attached hydrogen (secondary N) is 1. The van der Waals surface area contributed by atoms with E-state index in [4.69, 9.17) is 34.8 Å². The number of sulfonamides is 1.